The molecule has 0 spiro atoms. The van der Waals surface area contributed by atoms with Crippen molar-refractivity contribution in [2.75, 3.05) is 11.9 Å². The Labute approximate surface area is 203 Å². The lowest BCUT2D eigenvalue weighted by molar-refractivity contribution is -0.117. The third-order valence-corrected chi connectivity index (χ3v) is 5.57. The Morgan fingerprint density at radius 3 is 2.29 bits per heavy atom. The number of aromatic nitrogens is 2. The number of benzene rings is 3. The number of nitrogens with zero attached hydrogens (tertiary/aromatic N) is 3. The molecular formula is C27H25ClN4O2. The van der Waals surface area contributed by atoms with E-state index in [0.717, 1.165) is 11.3 Å². The largest absolute Gasteiger partial charge is 0.327 e. The fourth-order valence-electron chi connectivity index (χ4n) is 3.59. The number of carbonyl (C=O) groups is 2. The van der Waals surface area contributed by atoms with Gasteiger partial charge >= 0.3 is 0 Å². The van der Waals surface area contributed by atoms with E-state index in [1.807, 2.05) is 68.6 Å². The van der Waals surface area contributed by atoms with E-state index in [0.29, 0.717) is 22.2 Å². The Hall–Kier alpha value is -3.90. The summed E-state index contributed by atoms with van der Waals surface area (Å²) in [5.41, 5.74) is 2.92. The molecule has 2 amide bonds. The lowest BCUT2D eigenvalue weighted by Gasteiger charge is -2.26. The van der Waals surface area contributed by atoms with E-state index in [4.69, 9.17) is 11.6 Å². The Balaban J connectivity index is 1.62. The topological polar surface area (TPSA) is 67.2 Å². The van der Waals surface area contributed by atoms with Crippen LogP contribution in [0.25, 0.3) is 16.9 Å². The number of anilines is 1. The molecule has 0 saturated heterocycles. The first-order chi connectivity index (χ1) is 16.4. The van der Waals surface area contributed by atoms with Crippen molar-refractivity contribution in [2.45, 2.75) is 19.9 Å². The zero-order valence-electron chi connectivity index (χ0n) is 19.0. The van der Waals surface area contributed by atoms with E-state index < -0.39 is 0 Å². The average molecular weight is 473 g/mol. The van der Waals surface area contributed by atoms with Gasteiger partial charge < -0.3 is 4.90 Å². The molecule has 1 N–H and O–H groups in total. The molecule has 0 bridgehead atoms. The van der Waals surface area contributed by atoms with Gasteiger partial charge in [0.2, 0.25) is 11.9 Å². The molecule has 1 aromatic heterocycles. The average Bonchev–Trinajstić information content (AvgIpc) is 3.27. The molecule has 4 rings (SSSR count). The number of imidazole rings is 1. The van der Waals surface area contributed by atoms with E-state index in [2.05, 4.69) is 10.3 Å². The quantitative estimate of drug-likeness (QED) is 0.376. The molecule has 0 radical (unpaired) electrons. The Bertz CT molecular complexity index is 1290. The summed E-state index contributed by atoms with van der Waals surface area (Å²) < 4.78 is 1.78. The van der Waals surface area contributed by atoms with Crippen molar-refractivity contribution in [3.63, 3.8) is 0 Å². The molecule has 3 aromatic carbocycles. The van der Waals surface area contributed by atoms with Crippen molar-refractivity contribution in [2.24, 2.45) is 0 Å². The van der Waals surface area contributed by atoms with Crippen LogP contribution in [0, 0.1) is 0 Å². The molecule has 0 aliphatic rings. The third-order valence-electron chi connectivity index (χ3n) is 5.33. The Kier molecular flexibility index (Phi) is 7.09. The van der Waals surface area contributed by atoms with Gasteiger partial charge in [-0.25, -0.2) is 4.98 Å². The van der Waals surface area contributed by atoms with Crippen LogP contribution in [0.3, 0.4) is 0 Å². The van der Waals surface area contributed by atoms with Crippen LogP contribution < -0.4 is 5.32 Å². The predicted molar refractivity (Wildman–Crippen MR) is 135 cm³/mol. The first kappa shape index (κ1) is 23.3. The zero-order chi connectivity index (χ0) is 24.1. The molecule has 7 heteroatoms. The number of carbonyl (C=O) groups excluding carboxylic acids is 2. The lowest BCUT2D eigenvalue weighted by Crippen LogP contribution is -2.42. The first-order valence-electron chi connectivity index (χ1n) is 11.0. The van der Waals surface area contributed by atoms with Crippen LogP contribution in [-0.4, -0.2) is 38.9 Å². The second kappa shape index (κ2) is 10.4. The minimum absolute atomic E-state index is 0.103. The maximum atomic E-state index is 13.1. The van der Waals surface area contributed by atoms with Crippen molar-refractivity contribution in [3.05, 3.63) is 102 Å². The van der Waals surface area contributed by atoms with Crippen LogP contribution in [0.15, 0.2) is 91.1 Å². The monoisotopic (exact) mass is 472 g/mol. The van der Waals surface area contributed by atoms with Crippen LogP contribution in [0.2, 0.25) is 5.02 Å². The number of rotatable bonds is 7. The summed E-state index contributed by atoms with van der Waals surface area (Å²) in [6.45, 7) is 3.66. The van der Waals surface area contributed by atoms with Gasteiger partial charge in [0, 0.05) is 34.1 Å². The molecule has 4 aromatic rings. The summed E-state index contributed by atoms with van der Waals surface area (Å²) in [7, 11) is 0. The zero-order valence-corrected chi connectivity index (χ0v) is 19.7. The maximum absolute atomic E-state index is 13.1. The van der Waals surface area contributed by atoms with E-state index in [9.17, 15) is 9.59 Å². The number of hydrogen-bond donors (Lipinski definition) is 1. The molecule has 0 atom stereocenters. The second-order valence-corrected chi connectivity index (χ2v) is 8.54. The van der Waals surface area contributed by atoms with Crippen molar-refractivity contribution in [1.29, 1.82) is 0 Å². The van der Waals surface area contributed by atoms with Gasteiger partial charge in [0.1, 0.15) is 6.54 Å². The number of halogens is 1. The van der Waals surface area contributed by atoms with Gasteiger partial charge in [-0.2, -0.15) is 0 Å². The smallest absolute Gasteiger partial charge is 0.254 e. The molecule has 1 heterocycles. The maximum Gasteiger partial charge on any atom is 0.254 e. The summed E-state index contributed by atoms with van der Waals surface area (Å²) in [4.78, 5) is 32.3. The minimum atomic E-state index is -0.341. The molecule has 0 fully saturated rings. The SMILES string of the molecule is CC(C)N(CC(=O)Nc1nc(-c2ccccc2)cn1-c1cccc(Cl)c1)C(=O)c1ccccc1. The lowest BCUT2D eigenvalue weighted by atomic mass is 10.1. The van der Waals surface area contributed by atoms with Gasteiger partial charge in [-0.15, -0.1) is 0 Å². The number of amides is 2. The predicted octanol–water partition coefficient (Wildman–Crippen LogP) is 5.68. The number of nitrogens with one attached hydrogen (secondary N) is 1. The molecule has 0 aliphatic heterocycles. The molecule has 34 heavy (non-hydrogen) atoms. The van der Waals surface area contributed by atoms with E-state index >= 15 is 0 Å². The van der Waals surface area contributed by atoms with Crippen LogP contribution in [-0.2, 0) is 4.79 Å². The van der Waals surface area contributed by atoms with Crippen LogP contribution in [0.5, 0.6) is 0 Å². The normalized spacial score (nSPS) is 10.8. The van der Waals surface area contributed by atoms with Crippen molar-refractivity contribution < 1.29 is 9.59 Å². The molecule has 0 unspecified atom stereocenters. The van der Waals surface area contributed by atoms with Crippen LogP contribution >= 0.6 is 11.6 Å². The van der Waals surface area contributed by atoms with Crippen LogP contribution in [0.4, 0.5) is 5.95 Å². The highest BCUT2D eigenvalue weighted by molar-refractivity contribution is 6.30. The molecule has 0 saturated carbocycles. The van der Waals surface area contributed by atoms with Crippen molar-refractivity contribution in [1.82, 2.24) is 14.5 Å². The molecule has 0 aliphatic carbocycles. The molecule has 172 valence electrons. The van der Waals surface area contributed by atoms with E-state index in [1.165, 1.54) is 4.90 Å². The summed E-state index contributed by atoms with van der Waals surface area (Å²) in [6.07, 6.45) is 1.85. The molecular weight excluding hydrogens is 448 g/mol. The van der Waals surface area contributed by atoms with Crippen LogP contribution in [0.1, 0.15) is 24.2 Å². The Morgan fingerprint density at radius 2 is 1.65 bits per heavy atom. The number of hydrogen-bond acceptors (Lipinski definition) is 3. The van der Waals surface area contributed by atoms with Gasteiger partial charge in [-0.1, -0.05) is 66.2 Å². The van der Waals surface area contributed by atoms with Gasteiger partial charge in [0.15, 0.2) is 0 Å². The fourth-order valence-corrected chi connectivity index (χ4v) is 3.78. The standard InChI is InChI=1S/C27H25ClN4O2/c1-19(2)31(26(34)21-12-7-4-8-13-21)18-25(33)30-27-29-24(20-10-5-3-6-11-20)17-32(27)23-15-9-14-22(28)16-23/h3-17,19H,18H2,1-2H3,(H,29,30,33). The summed E-state index contributed by atoms with van der Waals surface area (Å²) >= 11 is 6.21. The minimum Gasteiger partial charge on any atom is -0.327 e. The molecule has 6 nitrogen and oxygen atoms in total. The van der Waals surface area contributed by atoms with Gasteiger partial charge in [-0.3, -0.25) is 19.5 Å². The van der Waals surface area contributed by atoms with Crippen molar-refractivity contribution >= 4 is 29.4 Å². The van der Waals surface area contributed by atoms with Gasteiger partial charge in [0.05, 0.1) is 5.69 Å². The summed E-state index contributed by atoms with van der Waals surface area (Å²) in [5.74, 6) is -0.192. The highest BCUT2D eigenvalue weighted by atomic mass is 35.5. The van der Waals surface area contributed by atoms with E-state index in [1.54, 1.807) is 41.0 Å². The third kappa shape index (κ3) is 5.35. The highest BCUT2D eigenvalue weighted by Crippen LogP contribution is 2.25. The van der Waals surface area contributed by atoms with Gasteiger partial charge in [0.25, 0.3) is 5.91 Å². The fraction of sp³-hybridized carbons (Fsp3) is 0.148. The first-order valence-corrected chi connectivity index (χ1v) is 11.4. The van der Waals surface area contributed by atoms with Crippen molar-refractivity contribution in [3.8, 4) is 16.9 Å². The highest BCUT2D eigenvalue weighted by Gasteiger charge is 2.23. The second-order valence-electron chi connectivity index (χ2n) is 8.11. The summed E-state index contributed by atoms with van der Waals surface area (Å²) in [5, 5.41) is 3.46. The summed E-state index contributed by atoms with van der Waals surface area (Å²) in [6, 6.07) is 25.8. The van der Waals surface area contributed by atoms with Gasteiger partial charge in [-0.05, 0) is 44.2 Å². The van der Waals surface area contributed by atoms with E-state index in [-0.39, 0.29) is 24.4 Å². The Morgan fingerprint density at radius 1 is 0.971 bits per heavy atom.